The lowest BCUT2D eigenvalue weighted by Gasteiger charge is -2.33. The molecule has 2 unspecified atom stereocenters. The summed E-state index contributed by atoms with van der Waals surface area (Å²) in [7, 11) is 0. The van der Waals surface area contributed by atoms with Crippen molar-refractivity contribution in [3.05, 3.63) is 96.1 Å². The van der Waals surface area contributed by atoms with Gasteiger partial charge in [-0.3, -0.25) is 4.79 Å². The summed E-state index contributed by atoms with van der Waals surface area (Å²) < 4.78 is 6.33. The van der Waals surface area contributed by atoms with E-state index in [9.17, 15) is 4.79 Å². The van der Waals surface area contributed by atoms with Crippen LogP contribution in [0.1, 0.15) is 30.0 Å². The van der Waals surface area contributed by atoms with Crippen molar-refractivity contribution >= 4 is 5.91 Å². The number of benzene rings is 3. The second-order valence-electron chi connectivity index (χ2n) is 7.69. The Balaban J connectivity index is 1.40. The minimum absolute atomic E-state index is 0.0137. The smallest absolute Gasteiger partial charge is 0.225 e. The van der Waals surface area contributed by atoms with Crippen LogP contribution in [0.25, 0.3) is 11.1 Å². The molecule has 2 aliphatic heterocycles. The van der Waals surface area contributed by atoms with Crippen LogP contribution in [0.2, 0.25) is 0 Å². The third-order valence-corrected chi connectivity index (χ3v) is 5.98. The largest absolute Gasteiger partial charge is 0.353 e. The zero-order valence-electron chi connectivity index (χ0n) is 15.8. The van der Waals surface area contributed by atoms with Gasteiger partial charge in [0, 0.05) is 19.3 Å². The van der Waals surface area contributed by atoms with Gasteiger partial charge in [-0.1, -0.05) is 84.9 Å². The minimum atomic E-state index is -0.508. The van der Waals surface area contributed by atoms with E-state index >= 15 is 0 Å². The summed E-state index contributed by atoms with van der Waals surface area (Å²) in [6.45, 7) is 0.567. The molecule has 0 radical (unpaired) electrons. The summed E-state index contributed by atoms with van der Waals surface area (Å²) >= 11 is 0. The molecule has 2 aliphatic rings. The molecule has 0 aromatic heterocycles. The number of nitrogens with zero attached hydrogens (tertiary/aromatic N) is 1. The number of rotatable bonds is 4. The predicted molar refractivity (Wildman–Crippen MR) is 110 cm³/mol. The summed E-state index contributed by atoms with van der Waals surface area (Å²) in [6.07, 6.45) is 2.05. The van der Waals surface area contributed by atoms with Crippen molar-refractivity contribution in [2.24, 2.45) is 0 Å². The molecule has 0 aliphatic carbocycles. The number of amides is 1. The van der Waals surface area contributed by atoms with Crippen molar-refractivity contribution in [1.82, 2.24) is 4.90 Å². The number of fused-ring (bicyclic) bond motifs is 1. The Kier molecular flexibility index (Phi) is 4.25. The van der Waals surface area contributed by atoms with Crippen molar-refractivity contribution in [1.29, 1.82) is 0 Å². The Morgan fingerprint density at radius 3 is 2.21 bits per heavy atom. The molecule has 140 valence electrons. The molecular formula is C25H23NO2. The summed E-state index contributed by atoms with van der Waals surface area (Å²) in [5, 5.41) is 0. The van der Waals surface area contributed by atoms with E-state index in [0.29, 0.717) is 13.0 Å². The topological polar surface area (TPSA) is 29.5 Å². The zero-order chi connectivity index (χ0) is 19.0. The standard InChI is InChI=1S/C25H23NO2/c27-24-15-16-25(26(24)23(18-28-25)22-9-5-2-6-10-22)17-19-11-13-21(14-12-19)20-7-3-1-4-8-20/h1-14,23H,15-18H2. The van der Waals surface area contributed by atoms with E-state index in [1.165, 1.54) is 16.7 Å². The minimum Gasteiger partial charge on any atom is -0.353 e. The quantitative estimate of drug-likeness (QED) is 0.649. The van der Waals surface area contributed by atoms with Crippen LogP contribution in [0.3, 0.4) is 0 Å². The first-order valence-electron chi connectivity index (χ1n) is 9.91. The summed E-state index contributed by atoms with van der Waals surface area (Å²) in [5.74, 6) is 0.201. The molecule has 2 atom stereocenters. The molecule has 3 aromatic carbocycles. The van der Waals surface area contributed by atoms with Gasteiger partial charge < -0.3 is 9.64 Å². The van der Waals surface area contributed by atoms with Gasteiger partial charge in [0.1, 0.15) is 5.72 Å². The van der Waals surface area contributed by atoms with Gasteiger partial charge in [-0.25, -0.2) is 0 Å². The van der Waals surface area contributed by atoms with E-state index in [1.54, 1.807) is 0 Å². The highest BCUT2D eigenvalue weighted by Gasteiger charge is 2.54. The number of carbonyl (C=O) groups excluding carboxylic acids is 1. The fourth-order valence-corrected chi connectivity index (χ4v) is 4.59. The number of carbonyl (C=O) groups is 1. The molecule has 3 nitrogen and oxygen atoms in total. The predicted octanol–water partition coefficient (Wildman–Crippen LogP) is 4.99. The summed E-state index contributed by atoms with van der Waals surface area (Å²) in [4.78, 5) is 14.7. The van der Waals surface area contributed by atoms with Crippen LogP contribution < -0.4 is 0 Å². The first kappa shape index (κ1) is 17.2. The molecule has 2 fully saturated rings. The fraction of sp³-hybridized carbons (Fsp3) is 0.240. The van der Waals surface area contributed by atoms with Crippen molar-refractivity contribution < 1.29 is 9.53 Å². The van der Waals surface area contributed by atoms with Crippen LogP contribution in [-0.4, -0.2) is 23.1 Å². The van der Waals surface area contributed by atoms with Gasteiger partial charge in [0.05, 0.1) is 12.6 Å². The normalized spacial score (nSPS) is 23.8. The Hall–Kier alpha value is -2.91. The highest BCUT2D eigenvalue weighted by Crippen LogP contribution is 2.46. The SMILES string of the molecule is O=C1CCC2(Cc3ccc(-c4ccccc4)cc3)OCC(c3ccccc3)N12. The lowest BCUT2D eigenvalue weighted by molar-refractivity contribution is -0.138. The zero-order valence-corrected chi connectivity index (χ0v) is 15.8. The van der Waals surface area contributed by atoms with Gasteiger partial charge in [0.25, 0.3) is 0 Å². The average molecular weight is 369 g/mol. The Labute approximate surface area is 165 Å². The van der Waals surface area contributed by atoms with Crippen LogP contribution in [0.5, 0.6) is 0 Å². The lowest BCUT2D eigenvalue weighted by Crippen LogP contribution is -2.44. The van der Waals surface area contributed by atoms with Crippen molar-refractivity contribution in [2.75, 3.05) is 6.61 Å². The van der Waals surface area contributed by atoms with Crippen LogP contribution in [0.4, 0.5) is 0 Å². The number of ether oxygens (including phenoxy) is 1. The highest BCUT2D eigenvalue weighted by molar-refractivity contribution is 5.80. The van der Waals surface area contributed by atoms with Crippen LogP contribution in [0, 0.1) is 0 Å². The van der Waals surface area contributed by atoms with Crippen LogP contribution >= 0.6 is 0 Å². The maximum absolute atomic E-state index is 12.7. The van der Waals surface area contributed by atoms with Crippen molar-refractivity contribution in [2.45, 2.75) is 31.0 Å². The number of hydrogen-bond donors (Lipinski definition) is 0. The molecular weight excluding hydrogens is 346 g/mol. The van der Waals surface area contributed by atoms with Gasteiger partial charge in [-0.05, 0) is 22.3 Å². The molecule has 2 heterocycles. The average Bonchev–Trinajstić information content (AvgIpc) is 3.27. The van der Waals surface area contributed by atoms with E-state index in [-0.39, 0.29) is 11.9 Å². The van der Waals surface area contributed by atoms with E-state index < -0.39 is 5.72 Å². The molecule has 3 aromatic rings. The Bertz CT molecular complexity index is 968. The van der Waals surface area contributed by atoms with Crippen LogP contribution in [-0.2, 0) is 16.0 Å². The molecule has 2 saturated heterocycles. The highest BCUT2D eigenvalue weighted by atomic mass is 16.5. The first-order chi connectivity index (χ1) is 13.8. The van der Waals surface area contributed by atoms with Gasteiger partial charge in [0.2, 0.25) is 5.91 Å². The molecule has 1 amide bonds. The second-order valence-corrected chi connectivity index (χ2v) is 7.69. The summed E-state index contributed by atoms with van der Waals surface area (Å²) in [6, 6.07) is 29.3. The monoisotopic (exact) mass is 369 g/mol. The van der Waals surface area contributed by atoms with Gasteiger partial charge >= 0.3 is 0 Å². The lowest BCUT2D eigenvalue weighted by atomic mass is 9.97. The molecule has 0 saturated carbocycles. The molecule has 5 rings (SSSR count). The van der Waals surface area contributed by atoms with Gasteiger partial charge in [0.15, 0.2) is 0 Å². The number of hydrogen-bond acceptors (Lipinski definition) is 2. The maximum Gasteiger partial charge on any atom is 0.225 e. The van der Waals surface area contributed by atoms with E-state index in [2.05, 4.69) is 60.7 Å². The third-order valence-electron chi connectivity index (χ3n) is 5.98. The molecule has 0 spiro atoms. The fourth-order valence-electron chi connectivity index (χ4n) is 4.59. The first-order valence-corrected chi connectivity index (χ1v) is 9.91. The maximum atomic E-state index is 12.7. The summed E-state index contributed by atoms with van der Waals surface area (Å²) in [5.41, 5.74) is 4.26. The molecule has 0 bridgehead atoms. The second kappa shape index (κ2) is 6.92. The van der Waals surface area contributed by atoms with E-state index in [4.69, 9.17) is 4.74 Å². The van der Waals surface area contributed by atoms with Gasteiger partial charge in [-0.15, -0.1) is 0 Å². The third kappa shape index (κ3) is 2.92. The van der Waals surface area contributed by atoms with Gasteiger partial charge in [-0.2, -0.15) is 0 Å². The molecule has 28 heavy (non-hydrogen) atoms. The van der Waals surface area contributed by atoms with Crippen molar-refractivity contribution in [3.63, 3.8) is 0 Å². The molecule has 3 heteroatoms. The molecule has 0 N–H and O–H groups in total. The Morgan fingerprint density at radius 2 is 1.50 bits per heavy atom. The van der Waals surface area contributed by atoms with E-state index in [1.807, 2.05) is 29.2 Å². The van der Waals surface area contributed by atoms with Crippen LogP contribution in [0.15, 0.2) is 84.9 Å². The Morgan fingerprint density at radius 1 is 0.857 bits per heavy atom. The van der Waals surface area contributed by atoms with Crippen molar-refractivity contribution in [3.8, 4) is 11.1 Å². The van der Waals surface area contributed by atoms with E-state index in [0.717, 1.165) is 18.4 Å².